The van der Waals surface area contributed by atoms with E-state index in [1.807, 2.05) is 48.2 Å². The molecule has 2 heterocycles. The minimum Gasteiger partial charge on any atom is -0.481 e. The molecule has 1 unspecified atom stereocenters. The Bertz CT molecular complexity index is 702. The van der Waals surface area contributed by atoms with Crippen LogP contribution in [0.25, 0.3) is 10.9 Å². The second kappa shape index (κ2) is 5.79. The summed E-state index contributed by atoms with van der Waals surface area (Å²) < 4.78 is 0. The van der Waals surface area contributed by atoms with E-state index in [4.69, 9.17) is 0 Å². The van der Waals surface area contributed by atoms with Gasteiger partial charge in [0.05, 0.1) is 11.4 Å². The number of hydrogen-bond donors (Lipinski definition) is 1. The van der Waals surface area contributed by atoms with Gasteiger partial charge in [-0.3, -0.25) is 4.79 Å². The lowest BCUT2D eigenvalue weighted by Crippen LogP contribution is -2.39. The zero-order valence-corrected chi connectivity index (χ0v) is 12.9. The Morgan fingerprint density at radius 2 is 2.09 bits per heavy atom. The minimum absolute atomic E-state index is 0.341. The predicted octanol–water partition coefficient (Wildman–Crippen LogP) is 2.00. The van der Waals surface area contributed by atoms with Gasteiger partial charge in [0, 0.05) is 32.6 Å². The Morgan fingerprint density at radius 3 is 2.82 bits per heavy atom. The molecule has 0 radical (unpaired) electrons. The van der Waals surface area contributed by atoms with Crippen molar-refractivity contribution in [2.24, 2.45) is 5.92 Å². The van der Waals surface area contributed by atoms with Crippen LogP contribution in [0.2, 0.25) is 0 Å². The minimum atomic E-state index is -0.738. The van der Waals surface area contributed by atoms with Crippen molar-refractivity contribution in [2.75, 3.05) is 37.0 Å². The number of nitrogens with zero attached hydrogens (tertiary/aromatic N) is 4. The monoisotopic (exact) mass is 300 g/mol. The summed E-state index contributed by atoms with van der Waals surface area (Å²) in [6, 6.07) is 7.89. The summed E-state index contributed by atoms with van der Waals surface area (Å²) in [5, 5.41) is 10.2. The van der Waals surface area contributed by atoms with Crippen LogP contribution in [-0.4, -0.2) is 48.2 Å². The van der Waals surface area contributed by atoms with Gasteiger partial charge >= 0.3 is 5.97 Å². The fourth-order valence-electron chi connectivity index (χ4n) is 2.89. The fourth-order valence-corrected chi connectivity index (χ4v) is 2.89. The standard InChI is InChI=1S/C16H20N4O2/c1-19(2)14-12-7-3-4-8-13(12)17-16(18-14)20-9-5-6-11(10-20)15(21)22/h3-4,7-8,11H,5-6,9-10H2,1-2H3,(H,21,22). The Hall–Kier alpha value is -2.37. The summed E-state index contributed by atoms with van der Waals surface area (Å²) in [6.45, 7) is 1.27. The van der Waals surface area contributed by atoms with Crippen LogP contribution in [-0.2, 0) is 4.79 Å². The molecule has 0 saturated carbocycles. The number of anilines is 2. The number of para-hydroxylation sites is 1. The first kappa shape index (κ1) is 14.6. The molecule has 1 aliphatic rings. The van der Waals surface area contributed by atoms with Crippen molar-refractivity contribution >= 4 is 28.6 Å². The topological polar surface area (TPSA) is 69.6 Å². The molecular formula is C16H20N4O2. The molecule has 0 amide bonds. The van der Waals surface area contributed by atoms with E-state index in [1.165, 1.54) is 0 Å². The first-order valence-electron chi connectivity index (χ1n) is 7.48. The van der Waals surface area contributed by atoms with Crippen LogP contribution in [0.15, 0.2) is 24.3 Å². The maximum absolute atomic E-state index is 11.2. The molecule has 2 aromatic rings. The molecule has 0 spiro atoms. The fraction of sp³-hybridized carbons (Fsp3) is 0.438. The van der Waals surface area contributed by atoms with Gasteiger partial charge in [-0.15, -0.1) is 0 Å². The van der Waals surface area contributed by atoms with Crippen molar-refractivity contribution in [3.63, 3.8) is 0 Å². The summed E-state index contributed by atoms with van der Waals surface area (Å²) in [6.07, 6.45) is 1.57. The van der Waals surface area contributed by atoms with Crippen molar-refractivity contribution in [1.29, 1.82) is 0 Å². The van der Waals surface area contributed by atoms with E-state index in [9.17, 15) is 9.90 Å². The predicted molar refractivity (Wildman–Crippen MR) is 86.4 cm³/mol. The van der Waals surface area contributed by atoms with Crippen molar-refractivity contribution in [1.82, 2.24) is 9.97 Å². The second-order valence-electron chi connectivity index (χ2n) is 5.88. The van der Waals surface area contributed by atoms with Crippen LogP contribution < -0.4 is 9.80 Å². The van der Waals surface area contributed by atoms with E-state index in [-0.39, 0.29) is 5.92 Å². The summed E-state index contributed by atoms with van der Waals surface area (Å²) in [5.41, 5.74) is 0.883. The summed E-state index contributed by atoms with van der Waals surface area (Å²) in [4.78, 5) is 24.5. The van der Waals surface area contributed by atoms with E-state index in [2.05, 4.69) is 9.97 Å². The Kier molecular flexibility index (Phi) is 3.83. The number of carboxylic acid groups (broad SMARTS) is 1. The van der Waals surface area contributed by atoms with Crippen LogP contribution in [0, 0.1) is 5.92 Å². The van der Waals surface area contributed by atoms with E-state index in [0.717, 1.165) is 36.1 Å². The van der Waals surface area contributed by atoms with Crippen molar-refractivity contribution in [3.8, 4) is 0 Å². The molecule has 1 fully saturated rings. The normalized spacial score (nSPS) is 18.5. The van der Waals surface area contributed by atoms with E-state index < -0.39 is 5.97 Å². The van der Waals surface area contributed by atoms with Gasteiger partial charge in [0.25, 0.3) is 0 Å². The van der Waals surface area contributed by atoms with E-state index in [0.29, 0.717) is 12.5 Å². The number of hydrogen-bond acceptors (Lipinski definition) is 5. The molecule has 0 aliphatic carbocycles. The highest BCUT2D eigenvalue weighted by molar-refractivity contribution is 5.90. The van der Waals surface area contributed by atoms with Crippen LogP contribution in [0.5, 0.6) is 0 Å². The molecule has 22 heavy (non-hydrogen) atoms. The average Bonchev–Trinajstić information content (AvgIpc) is 2.53. The second-order valence-corrected chi connectivity index (χ2v) is 5.88. The summed E-state index contributed by atoms with van der Waals surface area (Å²) >= 11 is 0. The number of piperidine rings is 1. The van der Waals surface area contributed by atoms with Gasteiger partial charge in [0.15, 0.2) is 0 Å². The Morgan fingerprint density at radius 1 is 1.32 bits per heavy atom. The van der Waals surface area contributed by atoms with Gasteiger partial charge in [-0.1, -0.05) is 12.1 Å². The molecule has 1 atom stereocenters. The number of carbonyl (C=O) groups is 1. The van der Waals surface area contributed by atoms with Gasteiger partial charge in [0.2, 0.25) is 5.95 Å². The maximum Gasteiger partial charge on any atom is 0.308 e. The summed E-state index contributed by atoms with van der Waals surface area (Å²) in [7, 11) is 3.91. The zero-order valence-electron chi connectivity index (χ0n) is 12.9. The highest BCUT2D eigenvalue weighted by atomic mass is 16.4. The number of aromatic nitrogens is 2. The summed E-state index contributed by atoms with van der Waals surface area (Å²) in [5.74, 6) is 0.399. The third-order valence-corrected chi connectivity index (χ3v) is 4.05. The van der Waals surface area contributed by atoms with Crippen molar-refractivity contribution < 1.29 is 9.90 Å². The molecule has 3 rings (SSSR count). The highest BCUT2D eigenvalue weighted by Gasteiger charge is 2.27. The molecule has 0 bridgehead atoms. The number of fused-ring (bicyclic) bond motifs is 1. The molecule has 1 aromatic heterocycles. The average molecular weight is 300 g/mol. The molecule has 6 nitrogen and oxygen atoms in total. The van der Waals surface area contributed by atoms with Gasteiger partial charge in [0.1, 0.15) is 5.82 Å². The highest BCUT2D eigenvalue weighted by Crippen LogP contribution is 2.27. The van der Waals surface area contributed by atoms with Crippen LogP contribution in [0.4, 0.5) is 11.8 Å². The molecule has 1 aliphatic heterocycles. The molecule has 1 saturated heterocycles. The number of benzene rings is 1. The first-order chi connectivity index (χ1) is 10.6. The Balaban J connectivity index is 2.02. The van der Waals surface area contributed by atoms with Crippen LogP contribution >= 0.6 is 0 Å². The lowest BCUT2D eigenvalue weighted by Gasteiger charge is -2.31. The van der Waals surface area contributed by atoms with E-state index in [1.54, 1.807) is 0 Å². The lowest BCUT2D eigenvalue weighted by atomic mass is 9.99. The van der Waals surface area contributed by atoms with Gasteiger partial charge in [-0.05, 0) is 25.0 Å². The van der Waals surface area contributed by atoms with Crippen molar-refractivity contribution in [2.45, 2.75) is 12.8 Å². The largest absolute Gasteiger partial charge is 0.481 e. The Labute approximate surface area is 129 Å². The molecule has 1 N–H and O–H groups in total. The number of rotatable bonds is 3. The van der Waals surface area contributed by atoms with Crippen LogP contribution in [0.1, 0.15) is 12.8 Å². The quantitative estimate of drug-likeness (QED) is 0.935. The molecule has 116 valence electrons. The maximum atomic E-state index is 11.2. The lowest BCUT2D eigenvalue weighted by molar-refractivity contribution is -0.141. The van der Waals surface area contributed by atoms with Gasteiger partial charge in [-0.2, -0.15) is 4.98 Å². The van der Waals surface area contributed by atoms with Crippen molar-refractivity contribution in [3.05, 3.63) is 24.3 Å². The SMILES string of the molecule is CN(C)c1nc(N2CCCC(C(=O)O)C2)nc2ccccc12. The first-order valence-corrected chi connectivity index (χ1v) is 7.48. The van der Waals surface area contributed by atoms with E-state index >= 15 is 0 Å². The number of aliphatic carboxylic acids is 1. The molecular weight excluding hydrogens is 280 g/mol. The molecule has 6 heteroatoms. The number of carboxylic acids is 1. The smallest absolute Gasteiger partial charge is 0.308 e. The van der Waals surface area contributed by atoms with Crippen LogP contribution in [0.3, 0.4) is 0 Å². The third kappa shape index (κ3) is 2.68. The third-order valence-electron chi connectivity index (χ3n) is 4.05. The van der Waals surface area contributed by atoms with Gasteiger partial charge in [-0.25, -0.2) is 4.98 Å². The molecule has 1 aromatic carbocycles. The van der Waals surface area contributed by atoms with Gasteiger partial charge < -0.3 is 14.9 Å². The zero-order chi connectivity index (χ0) is 15.7.